The number of carbonyl (C=O) groups is 1. The topological polar surface area (TPSA) is 111 Å². The summed E-state index contributed by atoms with van der Waals surface area (Å²) < 4.78 is 0. The van der Waals surface area contributed by atoms with E-state index in [0.29, 0.717) is 0 Å². The van der Waals surface area contributed by atoms with Crippen LogP contribution in [0.5, 0.6) is 11.5 Å². The van der Waals surface area contributed by atoms with Crippen molar-refractivity contribution in [2.45, 2.75) is 0 Å². The van der Waals surface area contributed by atoms with E-state index in [2.05, 4.69) is 4.98 Å². The van der Waals surface area contributed by atoms with Crippen LogP contribution in [0.15, 0.2) is 23.1 Å². The first kappa shape index (κ1) is 10.0. The third-order valence-electron chi connectivity index (χ3n) is 2.25. The number of hydrogen-bond acceptors (Lipinski definition) is 4. The van der Waals surface area contributed by atoms with Crippen molar-refractivity contribution in [2.75, 3.05) is 0 Å². The molecule has 1 heterocycles. The van der Waals surface area contributed by atoms with Crippen molar-refractivity contribution < 1.29 is 20.1 Å². The highest BCUT2D eigenvalue weighted by Crippen LogP contribution is 2.33. The molecule has 0 radical (unpaired) electrons. The average Bonchev–Trinajstić information content (AvgIpc) is 2.23. The van der Waals surface area contributed by atoms with Crippen LogP contribution in [0, 0.1) is 0 Å². The zero-order valence-corrected chi connectivity index (χ0v) is 7.89. The lowest BCUT2D eigenvalue weighted by molar-refractivity contribution is 0.0698. The van der Waals surface area contributed by atoms with Crippen LogP contribution in [0.3, 0.4) is 0 Å². The first-order chi connectivity index (χ1) is 7.52. The maximum Gasteiger partial charge on any atom is 0.337 e. The number of aromatic nitrogens is 1. The number of carboxylic acids is 1. The zero-order valence-electron chi connectivity index (χ0n) is 7.89. The van der Waals surface area contributed by atoms with Gasteiger partial charge in [-0.2, -0.15) is 0 Å². The Morgan fingerprint density at radius 2 is 1.94 bits per heavy atom. The van der Waals surface area contributed by atoms with E-state index >= 15 is 0 Å². The van der Waals surface area contributed by atoms with Crippen LogP contribution in [0.25, 0.3) is 10.8 Å². The van der Waals surface area contributed by atoms with Gasteiger partial charge in [-0.15, -0.1) is 0 Å². The third-order valence-corrected chi connectivity index (χ3v) is 2.25. The van der Waals surface area contributed by atoms with Gasteiger partial charge in [-0.05, 0) is 12.1 Å². The molecule has 0 aliphatic rings. The van der Waals surface area contributed by atoms with E-state index in [9.17, 15) is 19.8 Å². The number of nitrogens with one attached hydrogen (secondary N) is 1. The Morgan fingerprint density at radius 1 is 1.25 bits per heavy atom. The summed E-state index contributed by atoms with van der Waals surface area (Å²) in [5, 5.41) is 27.5. The summed E-state index contributed by atoms with van der Waals surface area (Å²) >= 11 is 0. The van der Waals surface area contributed by atoms with Gasteiger partial charge in [-0.1, -0.05) is 0 Å². The molecule has 1 aromatic heterocycles. The fraction of sp³-hybridized carbons (Fsp3) is 0. The van der Waals surface area contributed by atoms with Crippen molar-refractivity contribution >= 4 is 16.7 Å². The molecule has 0 amide bonds. The number of hydrogen-bond donors (Lipinski definition) is 4. The molecule has 0 saturated carbocycles. The number of rotatable bonds is 1. The number of aromatic hydroxyl groups is 2. The Balaban J connectivity index is 3.06. The Labute approximate surface area is 88.4 Å². The van der Waals surface area contributed by atoms with Crippen LogP contribution in [-0.2, 0) is 0 Å². The number of aromatic amines is 1. The number of fused-ring (bicyclic) bond motifs is 1. The van der Waals surface area contributed by atoms with Gasteiger partial charge in [0.1, 0.15) is 0 Å². The van der Waals surface area contributed by atoms with E-state index in [0.717, 1.165) is 12.3 Å². The van der Waals surface area contributed by atoms with Crippen molar-refractivity contribution in [1.82, 2.24) is 4.98 Å². The Bertz CT molecular complexity index is 643. The van der Waals surface area contributed by atoms with Crippen molar-refractivity contribution in [3.8, 4) is 11.5 Å². The van der Waals surface area contributed by atoms with Gasteiger partial charge in [-0.25, -0.2) is 4.79 Å². The second-order valence-electron chi connectivity index (χ2n) is 3.19. The molecule has 1 aromatic carbocycles. The van der Waals surface area contributed by atoms with E-state index < -0.39 is 23.0 Å². The van der Waals surface area contributed by atoms with Gasteiger partial charge >= 0.3 is 5.97 Å². The molecule has 0 aliphatic heterocycles. The predicted molar refractivity (Wildman–Crippen MR) is 54.9 cm³/mol. The molecule has 0 saturated heterocycles. The van der Waals surface area contributed by atoms with E-state index in [1.807, 2.05) is 0 Å². The highest BCUT2D eigenvalue weighted by molar-refractivity contribution is 6.06. The molecule has 4 N–H and O–H groups in total. The summed E-state index contributed by atoms with van der Waals surface area (Å²) in [7, 11) is 0. The molecule has 6 heteroatoms. The number of H-pyrrole nitrogens is 1. The van der Waals surface area contributed by atoms with Crippen LogP contribution >= 0.6 is 0 Å². The van der Waals surface area contributed by atoms with Gasteiger partial charge in [-0.3, -0.25) is 4.79 Å². The van der Waals surface area contributed by atoms with Crippen molar-refractivity contribution in [3.05, 3.63) is 34.2 Å². The first-order valence-electron chi connectivity index (χ1n) is 4.32. The summed E-state index contributed by atoms with van der Waals surface area (Å²) in [5.41, 5.74) is -0.807. The minimum atomic E-state index is -1.30. The fourth-order valence-corrected chi connectivity index (χ4v) is 1.50. The molecule has 16 heavy (non-hydrogen) atoms. The minimum absolute atomic E-state index is 0.00944. The van der Waals surface area contributed by atoms with Gasteiger partial charge in [0.25, 0.3) is 5.56 Å². The minimum Gasteiger partial charge on any atom is -0.504 e. The van der Waals surface area contributed by atoms with E-state index in [1.54, 1.807) is 0 Å². The molecular weight excluding hydrogens is 214 g/mol. The maximum absolute atomic E-state index is 11.4. The largest absolute Gasteiger partial charge is 0.504 e. The molecule has 0 bridgehead atoms. The van der Waals surface area contributed by atoms with Gasteiger partial charge in [0.2, 0.25) is 0 Å². The quantitative estimate of drug-likeness (QED) is 0.528. The number of aromatic carboxylic acids is 1. The lowest BCUT2D eigenvalue weighted by Crippen LogP contribution is -2.10. The summed E-state index contributed by atoms with van der Waals surface area (Å²) in [6, 6.07) is 2.37. The molecule has 0 aliphatic carbocycles. The molecule has 6 nitrogen and oxygen atoms in total. The number of pyridine rings is 1. The van der Waals surface area contributed by atoms with E-state index in [4.69, 9.17) is 5.11 Å². The molecule has 0 atom stereocenters. The maximum atomic E-state index is 11.4. The standard InChI is InChI=1S/C10H7NO5/c12-6-2-1-4-7(8(6)13)5(10(15)16)3-11-9(4)14/h1-3,12-13H,(H,11,14)(H,15,16). The Hall–Kier alpha value is -2.50. The number of phenols is 2. The summed E-state index contributed by atoms with van der Waals surface area (Å²) in [4.78, 5) is 24.5. The molecule has 2 aromatic rings. The lowest BCUT2D eigenvalue weighted by atomic mass is 10.1. The average molecular weight is 221 g/mol. The lowest BCUT2D eigenvalue weighted by Gasteiger charge is -2.05. The molecular formula is C10H7NO5. The molecule has 82 valence electrons. The summed E-state index contributed by atoms with van der Waals surface area (Å²) in [6.07, 6.45) is 0.978. The second kappa shape index (κ2) is 3.27. The van der Waals surface area contributed by atoms with E-state index in [1.165, 1.54) is 6.07 Å². The van der Waals surface area contributed by atoms with Crippen LogP contribution in [0.1, 0.15) is 10.4 Å². The number of carboxylic acid groups (broad SMARTS) is 1. The van der Waals surface area contributed by atoms with Crippen LogP contribution in [-0.4, -0.2) is 26.3 Å². The second-order valence-corrected chi connectivity index (χ2v) is 3.19. The van der Waals surface area contributed by atoms with E-state index in [-0.39, 0.29) is 16.3 Å². The van der Waals surface area contributed by atoms with Gasteiger partial charge in [0.05, 0.1) is 10.9 Å². The molecule has 0 spiro atoms. The van der Waals surface area contributed by atoms with Gasteiger partial charge < -0.3 is 20.3 Å². The monoisotopic (exact) mass is 221 g/mol. The Kier molecular flexibility index (Phi) is 2.05. The van der Waals surface area contributed by atoms with Crippen molar-refractivity contribution in [2.24, 2.45) is 0 Å². The van der Waals surface area contributed by atoms with Crippen LogP contribution < -0.4 is 5.56 Å². The van der Waals surface area contributed by atoms with Crippen LogP contribution in [0.4, 0.5) is 0 Å². The highest BCUT2D eigenvalue weighted by atomic mass is 16.4. The molecule has 2 rings (SSSR count). The van der Waals surface area contributed by atoms with Crippen molar-refractivity contribution in [1.29, 1.82) is 0 Å². The predicted octanol–water partition coefficient (Wildman–Crippen LogP) is 0.637. The smallest absolute Gasteiger partial charge is 0.337 e. The third kappa shape index (κ3) is 1.28. The number of benzene rings is 1. The summed E-state index contributed by atoms with van der Waals surface area (Å²) in [5.74, 6) is -2.39. The summed E-state index contributed by atoms with van der Waals surface area (Å²) in [6.45, 7) is 0. The SMILES string of the molecule is O=C(O)c1c[nH]c(=O)c2ccc(O)c(O)c12. The zero-order chi connectivity index (χ0) is 11.9. The molecule has 0 fully saturated rings. The Morgan fingerprint density at radius 3 is 2.56 bits per heavy atom. The molecule has 0 unspecified atom stereocenters. The fourth-order valence-electron chi connectivity index (χ4n) is 1.50. The van der Waals surface area contributed by atoms with Crippen LogP contribution in [0.2, 0.25) is 0 Å². The van der Waals surface area contributed by atoms with Crippen molar-refractivity contribution in [3.63, 3.8) is 0 Å². The number of phenolic OH excluding ortho intramolecular Hbond substituents is 2. The normalized spacial score (nSPS) is 10.5. The highest BCUT2D eigenvalue weighted by Gasteiger charge is 2.16. The van der Waals surface area contributed by atoms with Gasteiger partial charge in [0.15, 0.2) is 11.5 Å². The van der Waals surface area contributed by atoms with Gasteiger partial charge in [0, 0.05) is 11.6 Å². The first-order valence-corrected chi connectivity index (χ1v) is 4.32.